The minimum Gasteiger partial charge on any atom is -0.475 e. The van der Waals surface area contributed by atoms with Crippen molar-refractivity contribution in [3.05, 3.63) is 101 Å². The summed E-state index contributed by atoms with van der Waals surface area (Å²) in [6.45, 7) is 1.06. The van der Waals surface area contributed by atoms with Gasteiger partial charge in [-0.1, -0.05) is 41.9 Å². The fourth-order valence-electron chi connectivity index (χ4n) is 5.24. The van der Waals surface area contributed by atoms with Crippen LogP contribution in [-0.2, 0) is 22.4 Å². The summed E-state index contributed by atoms with van der Waals surface area (Å²) in [6.07, 6.45) is -0.487. The van der Waals surface area contributed by atoms with Gasteiger partial charge in [0, 0.05) is 35.7 Å². The molecule has 2 aliphatic heterocycles. The van der Waals surface area contributed by atoms with Crippen molar-refractivity contribution < 1.29 is 32.7 Å². The third kappa shape index (κ3) is 8.76. The Kier molecular flexibility index (Phi) is 10.2. The molecule has 1 saturated heterocycles. The van der Waals surface area contributed by atoms with Crippen molar-refractivity contribution in [2.24, 2.45) is 5.92 Å². The summed E-state index contributed by atoms with van der Waals surface area (Å²) in [5.74, 6) is -2.20. The van der Waals surface area contributed by atoms with E-state index in [1.165, 1.54) is 0 Å². The van der Waals surface area contributed by atoms with Gasteiger partial charge in [0.2, 0.25) is 11.9 Å². The number of aliphatic carboxylic acids is 1. The van der Waals surface area contributed by atoms with Gasteiger partial charge in [-0.25, -0.2) is 9.78 Å². The van der Waals surface area contributed by atoms with Crippen molar-refractivity contribution in [2.45, 2.75) is 31.9 Å². The highest BCUT2D eigenvalue weighted by Gasteiger charge is 2.38. The minimum atomic E-state index is -5.08. The molecule has 10 nitrogen and oxygen atoms in total. The van der Waals surface area contributed by atoms with E-state index in [0.29, 0.717) is 35.4 Å². The first-order valence-corrected chi connectivity index (χ1v) is 15.1. The molecule has 0 radical (unpaired) electrons. The Bertz CT molecular complexity index is 1770. The highest BCUT2D eigenvalue weighted by Crippen LogP contribution is 2.30. The fraction of sp³-hybridized carbons (Fsp3) is 0.242. The molecule has 244 valence electrons. The molecule has 14 heteroatoms. The number of carbonyl (C=O) groups is 3. The fourth-order valence-corrected chi connectivity index (χ4v) is 5.38. The molecule has 1 atom stereocenters. The van der Waals surface area contributed by atoms with Gasteiger partial charge in [0.05, 0.1) is 12.1 Å². The van der Waals surface area contributed by atoms with Crippen LogP contribution in [-0.4, -0.2) is 57.0 Å². The van der Waals surface area contributed by atoms with Crippen LogP contribution in [0.25, 0.3) is 0 Å². The molecule has 3 aromatic carbocycles. The Morgan fingerprint density at radius 3 is 2.45 bits per heavy atom. The van der Waals surface area contributed by atoms with E-state index in [9.17, 15) is 22.8 Å². The lowest BCUT2D eigenvalue weighted by molar-refractivity contribution is -0.192. The van der Waals surface area contributed by atoms with Crippen LogP contribution >= 0.6 is 11.6 Å². The Morgan fingerprint density at radius 2 is 1.70 bits per heavy atom. The van der Waals surface area contributed by atoms with Crippen LogP contribution in [0, 0.1) is 5.92 Å². The number of nitrogens with one attached hydrogen (secondary N) is 3. The van der Waals surface area contributed by atoms with Crippen molar-refractivity contribution in [3.8, 4) is 0 Å². The van der Waals surface area contributed by atoms with Crippen LogP contribution in [0.4, 0.5) is 42.0 Å². The molecule has 1 aromatic heterocycles. The Hall–Kier alpha value is -5.17. The van der Waals surface area contributed by atoms with Gasteiger partial charge in [-0.15, -0.1) is 0 Å². The standard InChI is InChI=1S/C31H29ClN6O2.C2HF3O2/c32-26-18-33-31-35-24-10-4-6-20(16-24)11-12-22-17-25(34-28(26)37-31)13-14-27(22)36-29(39)23-9-5-15-38(19-23)30(40)21-7-2-1-3-8-21;3-2(4,5)1(6)7/h1-4,6-8,10,13-14,16-18,23H,5,9,11-12,15,19H2,(H,36,39)(H2,33,34,35,37);(H,6,7). The van der Waals surface area contributed by atoms with Crippen molar-refractivity contribution in [3.63, 3.8) is 0 Å². The van der Waals surface area contributed by atoms with Gasteiger partial charge in [0.25, 0.3) is 5.91 Å². The van der Waals surface area contributed by atoms with E-state index in [4.69, 9.17) is 21.5 Å². The number of amides is 2. The molecule has 3 heterocycles. The summed E-state index contributed by atoms with van der Waals surface area (Å²) < 4.78 is 31.7. The quantitative estimate of drug-likeness (QED) is 0.187. The monoisotopic (exact) mass is 666 g/mol. The van der Waals surface area contributed by atoms with E-state index < -0.39 is 12.1 Å². The second-order valence-electron chi connectivity index (χ2n) is 11.0. The SMILES string of the molecule is O=C(Nc1ccc2cc1CCc1cccc(c1)Nc1ncc(Cl)c(n1)N2)C1CCCN(C(=O)c2ccccc2)C1.O=C(O)C(F)(F)F. The topological polar surface area (TPSA) is 137 Å². The van der Waals surface area contributed by atoms with Gasteiger partial charge in [0.1, 0.15) is 5.02 Å². The number of hydrogen-bond acceptors (Lipinski definition) is 7. The van der Waals surface area contributed by atoms with Gasteiger partial charge >= 0.3 is 12.1 Å². The molecule has 4 N–H and O–H groups in total. The number of nitrogens with zero attached hydrogens (tertiary/aromatic N) is 3. The molecule has 47 heavy (non-hydrogen) atoms. The molecule has 0 spiro atoms. The smallest absolute Gasteiger partial charge is 0.475 e. The van der Waals surface area contributed by atoms with Crippen LogP contribution in [0.5, 0.6) is 0 Å². The number of likely N-dealkylation sites (tertiary alicyclic amines) is 1. The van der Waals surface area contributed by atoms with E-state index in [-0.39, 0.29) is 17.7 Å². The van der Waals surface area contributed by atoms with Crippen molar-refractivity contribution >= 4 is 58.2 Å². The summed E-state index contributed by atoms with van der Waals surface area (Å²) >= 11 is 6.39. The average Bonchev–Trinajstić information content (AvgIpc) is 3.06. The first-order chi connectivity index (χ1) is 22.5. The number of anilines is 5. The third-order valence-corrected chi connectivity index (χ3v) is 7.86. The second-order valence-corrected chi connectivity index (χ2v) is 11.4. The van der Waals surface area contributed by atoms with Crippen molar-refractivity contribution in [1.82, 2.24) is 14.9 Å². The molecule has 6 rings (SSSR count). The highest BCUT2D eigenvalue weighted by molar-refractivity contribution is 6.32. The highest BCUT2D eigenvalue weighted by atomic mass is 35.5. The number of rotatable bonds is 3. The Labute approximate surface area is 273 Å². The first-order valence-electron chi connectivity index (χ1n) is 14.7. The average molecular weight is 667 g/mol. The van der Waals surface area contributed by atoms with Crippen molar-refractivity contribution in [2.75, 3.05) is 29.0 Å². The van der Waals surface area contributed by atoms with Gasteiger partial charge in [-0.3, -0.25) is 9.59 Å². The number of fused-ring (bicyclic) bond motifs is 6. The summed E-state index contributed by atoms with van der Waals surface area (Å²) in [5.41, 5.74) is 5.25. The number of carboxylic acids is 1. The Morgan fingerprint density at radius 1 is 0.957 bits per heavy atom. The van der Waals surface area contributed by atoms with E-state index in [2.05, 4.69) is 38.1 Å². The summed E-state index contributed by atoms with van der Waals surface area (Å²) in [4.78, 5) is 46.0. The summed E-state index contributed by atoms with van der Waals surface area (Å²) in [7, 11) is 0. The number of halogens is 4. The van der Waals surface area contributed by atoms with Gasteiger partial charge in [0.15, 0.2) is 5.82 Å². The largest absolute Gasteiger partial charge is 0.490 e. The molecular formula is C33H30ClF3N6O4. The number of carbonyl (C=O) groups excluding carboxylic acids is 2. The third-order valence-electron chi connectivity index (χ3n) is 7.58. The van der Waals surface area contributed by atoms with Crippen LogP contribution < -0.4 is 16.0 Å². The maximum absolute atomic E-state index is 13.5. The first kappa shape index (κ1) is 33.2. The zero-order valence-electron chi connectivity index (χ0n) is 24.9. The number of hydrogen-bond donors (Lipinski definition) is 4. The molecule has 4 aromatic rings. The minimum absolute atomic E-state index is 0.0326. The number of carboxylic acid groups (broad SMARTS) is 1. The maximum Gasteiger partial charge on any atom is 0.490 e. The number of aryl methyl sites for hydroxylation is 2. The molecule has 6 bridgehead atoms. The van der Waals surface area contributed by atoms with Crippen LogP contribution in [0.1, 0.15) is 34.3 Å². The molecule has 2 amide bonds. The summed E-state index contributed by atoms with van der Waals surface area (Å²) in [6, 6.07) is 23.2. The Balaban J connectivity index is 0.000000559. The molecule has 0 saturated carbocycles. The molecular weight excluding hydrogens is 637 g/mol. The predicted molar refractivity (Wildman–Crippen MR) is 171 cm³/mol. The summed E-state index contributed by atoms with van der Waals surface area (Å²) in [5, 5.41) is 17.2. The van der Waals surface area contributed by atoms with E-state index >= 15 is 0 Å². The second kappa shape index (κ2) is 14.5. The number of piperidine rings is 1. The number of alkyl halides is 3. The molecule has 1 fully saturated rings. The van der Waals surface area contributed by atoms with Crippen LogP contribution in [0.3, 0.4) is 0 Å². The molecule has 2 aliphatic rings. The lowest BCUT2D eigenvalue weighted by Gasteiger charge is -2.32. The van der Waals surface area contributed by atoms with Gasteiger partial charge in [-0.2, -0.15) is 18.2 Å². The maximum atomic E-state index is 13.5. The molecule has 1 unspecified atom stereocenters. The number of benzene rings is 3. The van der Waals surface area contributed by atoms with Crippen LogP contribution in [0.2, 0.25) is 5.02 Å². The van der Waals surface area contributed by atoms with Crippen LogP contribution in [0.15, 0.2) is 79.0 Å². The predicted octanol–water partition coefficient (Wildman–Crippen LogP) is 6.84. The zero-order valence-corrected chi connectivity index (χ0v) is 25.6. The van der Waals surface area contributed by atoms with E-state index in [1.807, 2.05) is 60.7 Å². The van der Waals surface area contributed by atoms with Crippen molar-refractivity contribution in [1.29, 1.82) is 0 Å². The van der Waals surface area contributed by atoms with E-state index in [0.717, 1.165) is 53.9 Å². The number of aromatic nitrogens is 2. The zero-order chi connectivity index (χ0) is 33.6. The lowest BCUT2D eigenvalue weighted by atomic mass is 9.95. The molecule has 0 aliphatic carbocycles. The lowest BCUT2D eigenvalue weighted by Crippen LogP contribution is -2.43. The van der Waals surface area contributed by atoms with Gasteiger partial charge < -0.3 is 26.0 Å². The normalized spacial score (nSPS) is 15.6. The van der Waals surface area contributed by atoms with Gasteiger partial charge in [-0.05, 0) is 79.3 Å². The van der Waals surface area contributed by atoms with E-state index in [1.54, 1.807) is 11.1 Å².